The minimum absolute atomic E-state index is 0.0211. The van der Waals surface area contributed by atoms with E-state index < -0.39 is 9.84 Å². The molecule has 37 heavy (non-hydrogen) atoms. The minimum Gasteiger partial charge on any atom is -0.358 e. The van der Waals surface area contributed by atoms with Crippen molar-refractivity contribution >= 4 is 50.6 Å². The van der Waals surface area contributed by atoms with E-state index in [1.165, 1.54) is 12.1 Å². The largest absolute Gasteiger partial charge is 0.358 e. The van der Waals surface area contributed by atoms with E-state index in [0.29, 0.717) is 57.5 Å². The maximum atomic E-state index is 13.2. The Hall–Kier alpha value is -3.40. The van der Waals surface area contributed by atoms with E-state index in [0.717, 1.165) is 12.0 Å². The normalized spacial score (nSPS) is 18.4. The SMILES string of the molecule is Cc1[nH]c(C=C2C(=O)Nc3ccc(S(=O)(=O)Cc4ccccc4Cl)cc32)c(C)c1C(=O)N1CC[C@@H](N)C1. The van der Waals surface area contributed by atoms with E-state index in [2.05, 4.69) is 10.3 Å². The average Bonchev–Trinajstić information content (AvgIpc) is 3.50. The zero-order chi connectivity index (χ0) is 26.5. The van der Waals surface area contributed by atoms with Crippen molar-refractivity contribution in [3.05, 3.63) is 81.1 Å². The van der Waals surface area contributed by atoms with E-state index >= 15 is 0 Å². The number of carbonyl (C=O) groups excluding carboxylic acids is 2. The maximum absolute atomic E-state index is 13.2. The molecule has 2 aliphatic rings. The first kappa shape index (κ1) is 25.3. The highest BCUT2D eigenvalue weighted by atomic mass is 35.5. The third kappa shape index (κ3) is 4.70. The number of rotatable bonds is 5. The number of benzene rings is 2. The van der Waals surface area contributed by atoms with Crippen molar-refractivity contribution in [3.8, 4) is 0 Å². The molecule has 1 fully saturated rings. The number of likely N-dealkylation sites (tertiary alicyclic amines) is 1. The topological polar surface area (TPSA) is 125 Å². The van der Waals surface area contributed by atoms with Gasteiger partial charge in [0.25, 0.3) is 11.8 Å². The fourth-order valence-electron chi connectivity index (χ4n) is 4.92. The van der Waals surface area contributed by atoms with Crippen LogP contribution in [0.25, 0.3) is 11.6 Å². The smallest absolute Gasteiger partial charge is 0.256 e. The number of nitrogens with zero attached hydrogens (tertiary/aromatic N) is 1. The van der Waals surface area contributed by atoms with E-state index in [1.807, 2.05) is 13.8 Å². The summed E-state index contributed by atoms with van der Waals surface area (Å²) in [6, 6.07) is 11.4. The van der Waals surface area contributed by atoms with Gasteiger partial charge in [-0.15, -0.1) is 0 Å². The summed E-state index contributed by atoms with van der Waals surface area (Å²) < 4.78 is 26.4. The number of halogens is 1. The van der Waals surface area contributed by atoms with Crippen molar-refractivity contribution in [2.24, 2.45) is 5.73 Å². The van der Waals surface area contributed by atoms with Crippen LogP contribution < -0.4 is 11.1 Å². The van der Waals surface area contributed by atoms with Crippen molar-refractivity contribution in [2.45, 2.75) is 37.0 Å². The van der Waals surface area contributed by atoms with Gasteiger partial charge in [-0.2, -0.15) is 0 Å². The fourth-order valence-corrected chi connectivity index (χ4v) is 6.60. The molecule has 0 bridgehead atoms. The van der Waals surface area contributed by atoms with Gasteiger partial charge in [-0.05, 0) is 61.7 Å². The highest BCUT2D eigenvalue weighted by Gasteiger charge is 2.30. The molecule has 2 amide bonds. The Morgan fingerprint density at radius 2 is 1.97 bits per heavy atom. The van der Waals surface area contributed by atoms with Crippen LogP contribution in [0.1, 0.15) is 44.9 Å². The van der Waals surface area contributed by atoms with E-state index in [9.17, 15) is 18.0 Å². The predicted octanol–water partition coefficient (Wildman–Crippen LogP) is 3.92. The Labute approximate surface area is 220 Å². The summed E-state index contributed by atoms with van der Waals surface area (Å²) in [7, 11) is -3.73. The van der Waals surface area contributed by atoms with Crippen LogP contribution >= 0.6 is 11.6 Å². The van der Waals surface area contributed by atoms with Crippen LogP contribution in [-0.4, -0.2) is 49.2 Å². The van der Waals surface area contributed by atoms with Crippen molar-refractivity contribution in [2.75, 3.05) is 18.4 Å². The first-order valence-corrected chi connectivity index (χ1v) is 14.0. The third-order valence-electron chi connectivity index (χ3n) is 6.93. The molecule has 3 heterocycles. The number of nitrogens with two attached hydrogens (primary N) is 1. The van der Waals surface area contributed by atoms with E-state index in [4.69, 9.17) is 17.3 Å². The lowest BCUT2D eigenvalue weighted by Crippen LogP contribution is -2.32. The summed E-state index contributed by atoms with van der Waals surface area (Å²) in [5, 5.41) is 3.17. The monoisotopic (exact) mass is 538 g/mol. The number of hydrogen-bond acceptors (Lipinski definition) is 5. The zero-order valence-electron chi connectivity index (χ0n) is 20.5. The molecule has 0 unspecified atom stereocenters. The molecular formula is C27H27ClN4O4S. The van der Waals surface area contributed by atoms with E-state index in [-0.39, 0.29) is 28.5 Å². The summed E-state index contributed by atoms with van der Waals surface area (Å²) in [4.78, 5) is 31.1. The number of aryl methyl sites for hydroxylation is 1. The summed E-state index contributed by atoms with van der Waals surface area (Å²) >= 11 is 6.18. The zero-order valence-corrected chi connectivity index (χ0v) is 22.0. The molecule has 1 aromatic heterocycles. The Balaban J connectivity index is 1.50. The molecule has 0 saturated carbocycles. The molecule has 2 aromatic carbocycles. The molecule has 0 spiro atoms. The highest BCUT2D eigenvalue weighted by Crippen LogP contribution is 2.36. The number of anilines is 1. The Morgan fingerprint density at radius 3 is 2.68 bits per heavy atom. The van der Waals surface area contributed by atoms with Gasteiger partial charge in [-0.3, -0.25) is 9.59 Å². The van der Waals surface area contributed by atoms with Gasteiger partial charge in [0.15, 0.2) is 9.84 Å². The quantitative estimate of drug-likeness (QED) is 0.424. The van der Waals surface area contributed by atoms with Gasteiger partial charge in [0, 0.05) is 46.8 Å². The van der Waals surface area contributed by atoms with Gasteiger partial charge in [0.05, 0.1) is 21.8 Å². The molecule has 1 atom stereocenters. The number of amides is 2. The Bertz CT molecular complexity index is 1570. The molecule has 3 aromatic rings. The number of nitrogens with one attached hydrogen (secondary N) is 2. The highest BCUT2D eigenvalue weighted by molar-refractivity contribution is 7.90. The molecular weight excluding hydrogens is 512 g/mol. The van der Waals surface area contributed by atoms with Crippen LogP contribution in [0.3, 0.4) is 0 Å². The first-order valence-electron chi connectivity index (χ1n) is 11.9. The van der Waals surface area contributed by atoms with Crippen molar-refractivity contribution in [3.63, 3.8) is 0 Å². The van der Waals surface area contributed by atoms with Gasteiger partial charge >= 0.3 is 0 Å². The van der Waals surface area contributed by atoms with Gasteiger partial charge < -0.3 is 20.9 Å². The number of aromatic amines is 1. The van der Waals surface area contributed by atoms with Gasteiger partial charge in [-0.25, -0.2) is 8.42 Å². The van der Waals surface area contributed by atoms with E-state index in [1.54, 1.807) is 41.3 Å². The molecule has 2 aliphatic heterocycles. The fraction of sp³-hybridized carbons (Fsp3) is 0.259. The van der Waals surface area contributed by atoms with Crippen molar-refractivity contribution in [1.82, 2.24) is 9.88 Å². The third-order valence-corrected chi connectivity index (χ3v) is 8.96. The average molecular weight is 539 g/mol. The first-order chi connectivity index (χ1) is 17.5. The molecule has 10 heteroatoms. The minimum atomic E-state index is -3.73. The summed E-state index contributed by atoms with van der Waals surface area (Å²) in [5.41, 5.74) is 10.4. The maximum Gasteiger partial charge on any atom is 0.256 e. The number of aromatic nitrogens is 1. The molecule has 4 N–H and O–H groups in total. The second-order valence-corrected chi connectivity index (χ2v) is 11.9. The van der Waals surface area contributed by atoms with Gasteiger partial charge in [0.1, 0.15) is 0 Å². The number of H-pyrrole nitrogens is 1. The predicted molar refractivity (Wildman–Crippen MR) is 144 cm³/mol. The van der Waals surface area contributed by atoms with Crippen LogP contribution in [-0.2, 0) is 20.4 Å². The lowest BCUT2D eigenvalue weighted by Gasteiger charge is -2.16. The number of sulfone groups is 1. The second kappa shape index (κ2) is 9.48. The Morgan fingerprint density at radius 1 is 1.22 bits per heavy atom. The number of hydrogen-bond donors (Lipinski definition) is 3. The number of carbonyl (C=O) groups is 2. The van der Waals surface area contributed by atoms with Crippen LogP contribution in [0.15, 0.2) is 47.4 Å². The van der Waals surface area contributed by atoms with Crippen LogP contribution in [0.5, 0.6) is 0 Å². The van der Waals surface area contributed by atoms with Crippen LogP contribution in [0.2, 0.25) is 5.02 Å². The lowest BCUT2D eigenvalue weighted by molar-refractivity contribution is -0.110. The van der Waals surface area contributed by atoms with Crippen LogP contribution in [0.4, 0.5) is 5.69 Å². The summed E-state index contributed by atoms with van der Waals surface area (Å²) in [5.74, 6) is -0.694. The van der Waals surface area contributed by atoms with Crippen molar-refractivity contribution < 1.29 is 18.0 Å². The summed E-state index contributed by atoms with van der Waals surface area (Å²) in [6.45, 7) is 4.78. The van der Waals surface area contributed by atoms with Gasteiger partial charge in [-0.1, -0.05) is 29.8 Å². The molecule has 1 saturated heterocycles. The van der Waals surface area contributed by atoms with Gasteiger partial charge in [0.2, 0.25) is 0 Å². The van der Waals surface area contributed by atoms with Crippen LogP contribution in [0, 0.1) is 13.8 Å². The molecule has 5 rings (SSSR count). The standard InChI is InChI=1S/C27H27ClN4O4S/c1-15-24(30-16(2)25(15)27(34)32-10-9-18(29)13-32)12-21-20-11-19(7-8-23(20)31-26(21)33)37(35,36)14-17-5-3-4-6-22(17)28/h3-8,11-12,18,30H,9-10,13-14,29H2,1-2H3,(H,31,33)/t18-/m1/s1. The summed E-state index contributed by atoms with van der Waals surface area (Å²) in [6.07, 6.45) is 2.43. The second-order valence-electron chi connectivity index (χ2n) is 9.53. The molecule has 192 valence electrons. The van der Waals surface area contributed by atoms with Crippen molar-refractivity contribution in [1.29, 1.82) is 0 Å². The lowest BCUT2D eigenvalue weighted by atomic mass is 10.0. The Kier molecular flexibility index (Phi) is 6.47. The molecule has 0 aliphatic carbocycles. The molecule has 8 nitrogen and oxygen atoms in total. The molecule has 0 radical (unpaired) electrons. The number of fused-ring (bicyclic) bond motifs is 1.